The molecule has 0 atom stereocenters. The quantitative estimate of drug-likeness (QED) is 0.735. The fraction of sp³-hybridized carbons (Fsp3) is 0.0526. The van der Waals surface area contributed by atoms with E-state index in [1.54, 1.807) is 61.7 Å². The number of amides is 1. The van der Waals surface area contributed by atoms with Crippen LogP contribution in [0.1, 0.15) is 15.9 Å². The van der Waals surface area contributed by atoms with Crippen molar-refractivity contribution in [2.45, 2.75) is 0 Å². The van der Waals surface area contributed by atoms with Crippen molar-refractivity contribution < 1.29 is 9.53 Å². The molecule has 0 saturated heterocycles. The van der Waals surface area contributed by atoms with Crippen LogP contribution >= 0.6 is 0 Å². The van der Waals surface area contributed by atoms with Gasteiger partial charge in [-0.15, -0.1) is 10.2 Å². The van der Waals surface area contributed by atoms with E-state index in [1.807, 2.05) is 6.07 Å². The molecule has 2 aromatic carbocycles. The van der Waals surface area contributed by atoms with Gasteiger partial charge in [-0.25, -0.2) is 0 Å². The molecule has 0 bridgehead atoms. The van der Waals surface area contributed by atoms with Crippen LogP contribution in [0, 0.1) is 11.3 Å². The number of carbonyl (C=O) groups is 1. The highest BCUT2D eigenvalue weighted by Crippen LogP contribution is 2.19. The summed E-state index contributed by atoms with van der Waals surface area (Å²) in [4.78, 5) is 12.3. The van der Waals surface area contributed by atoms with Crippen LogP contribution in [-0.2, 0) is 0 Å². The Morgan fingerprint density at radius 2 is 1.81 bits per heavy atom. The first-order valence-electron chi connectivity index (χ1n) is 7.75. The molecule has 1 heterocycles. The average molecular weight is 345 g/mol. The minimum atomic E-state index is -0.311. The first kappa shape index (κ1) is 16.9. The van der Waals surface area contributed by atoms with E-state index in [1.165, 1.54) is 0 Å². The van der Waals surface area contributed by atoms with Gasteiger partial charge in [-0.3, -0.25) is 4.79 Å². The first-order valence-corrected chi connectivity index (χ1v) is 7.75. The van der Waals surface area contributed by atoms with Gasteiger partial charge in [0.2, 0.25) is 0 Å². The van der Waals surface area contributed by atoms with Crippen LogP contribution < -0.4 is 15.4 Å². The summed E-state index contributed by atoms with van der Waals surface area (Å²) in [5, 5.41) is 22.8. The van der Waals surface area contributed by atoms with Gasteiger partial charge in [-0.2, -0.15) is 5.26 Å². The van der Waals surface area contributed by atoms with Gasteiger partial charge >= 0.3 is 0 Å². The maximum Gasteiger partial charge on any atom is 0.256 e. The molecule has 7 heteroatoms. The number of nitriles is 1. The zero-order valence-electron chi connectivity index (χ0n) is 13.9. The molecule has 0 saturated carbocycles. The Balaban J connectivity index is 1.69. The molecular weight excluding hydrogens is 330 g/mol. The van der Waals surface area contributed by atoms with E-state index < -0.39 is 0 Å². The molecule has 3 aromatic rings. The Morgan fingerprint density at radius 3 is 2.54 bits per heavy atom. The lowest BCUT2D eigenvalue weighted by Crippen LogP contribution is -2.13. The van der Waals surface area contributed by atoms with E-state index in [9.17, 15) is 4.79 Å². The van der Waals surface area contributed by atoms with Crippen LogP contribution in [0.15, 0.2) is 60.7 Å². The summed E-state index contributed by atoms with van der Waals surface area (Å²) in [5.41, 5.74) is 1.60. The van der Waals surface area contributed by atoms with Crippen LogP contribution in [-0.4, -0.2) is 23.2 Å². The Kier molecular flexibility index (Phi) is 5.05. The maximum atomic E-state index is 12.3. The number of methoxy groups -OCH3 is 1. The number of carbonyl (C=O) groups excluding carboxylic acids is 1. The second-order valence-electron chi connectivity index (χ2n) is 5.27. The lowest BCUT2D eigenvalue weighted by atomic mass is 10.2. The van der Waals surface area contributed by atoms with Gasteiger partial charge in [-0.1, -0.05) is 18.2 Å². The summed E-state index contributed by atoms with van der Waals surface area (Å²) < 4.78 is 5.11. The zero-order chi connectivity index (χ0) is 18.4. The summed E-state index contributed by atoms with van der Waals surface area (Å²) in [7, 11) is 1.54. The molecule has 0 radical (unpaired) electrons. The van der Waals surface area contributed by atoms with Gasteiger partial charge in [0.05, 0.1) is 18.4 Å². The monoisotopic (exact) mass is 345 g/mol. The minimum Gasteiger partial charge on any atom is -0.497 e. The van der Waals surface area contributed by atoms with E-state index in [2.05, 4.69) is 26.9 Å². The molecule has 128 valence electrons. The highest BCUT2D eigenvalue weighted by Gasteiger charge is 2.09. The largest absolute Gasteiger partial charge is 0.497 e. The lowest BCUT2D eigenvalue weighted by molar-refractivity contribution is 0.102. The molecule has 2 N–H and O–H groups in total. The molecule has 0 spiro atoms. The molecule has 0 aliphatic rings. The standard InChI is InChI=1S/C19H15N5O2/c1-26-15-7-4-6-13(11-15)19(25)22-18-10-9-17(23-24-18)21-16-8-3-2-5-14(16)12-20/h2-11H,1H3,(H,21,23)(H,22,24,25). The van der Waals surface area contributed by atoms with Crippen LogP contribution in [0.4, 0.5) is 17.3 Å². The van der Waals surface area contributed by atoms with Crippen molar-refractivity contribution in [3.63, 3.8) is 0 Å². The number of nitrogens with zero attached hydrogens (tertiary/aromatic N) is 3. The molecule has 0 fully saturated rings. The molecule has 0 aliphatic carbocycles. The Labute approximate surface area is 150 Å². The fourth-order valence-electron chi connectivity index (χ4n) is 2.25. The van der Waals surface area contributed by atoms with Crippen LogP contribution in [0.2, 0.25) is 0 Å². The number of ether oxygens (including phenoxy) is 1. The van der Waals surface area contributed by atoms with Crippen LogP contribution in [0.25, 0.3) is 0 Å². The van der Waals surface area contributed by atoms with Crippen LogP contribution in [0.3, 0.4) is 0 Å². The number of hydrogen-bond acceptors (Lipinski definition) is 6. The third-order valence-corrected chi connectivity index (χ3v) is 3.55. The topological polar surface area (TPSA) is 99.9 Å². The van der Waals surface area contributed by atoms with Gasteiger partial charge < -0.3 is 15.4 Å². The molecule has 0 unspecified atom stereocenters. The van der Waals surface area contributed by atoms with Crippen LogP contribution in [0.5, 0.6) is 5.75 Å². The minimum absolute atomic E-state index is 0.311. The molecule has 1 amide bonds. The van der Waals surface area contributed by atoms with Crippen molar-refractivity contribution in [3.8, 4) is 11.8 Å². The van der Waals surface area contributed by atoms with Crippen molar-refractivity contribution >= 4 is 23.2 Å². The summed E-state index contributed by atoms with van der Waals surface area (Å²) >= 11 is 0. The predicted octanol–water partition coefficient (Wildman–Crippen LogP) is 3.35. The van der Waals surface area contributed by atoms with Crippen molar-refractivity contribution in [1.82, 2.24) is 10.2 Å². The smallest absolute Gasteiger partial charge is 0.256 e. The van der Waals surface area contributed by atoms with E-state index in [0.29, 0.717) is 34.2 Å². The molecule has 0 aliphatic heterocycles. The number of para-hydroxylation sites is 1. The van der Waals surface area contributed by atoms with Gasteiger partial charge in [0.15, 0.2) is 11.6 Å². The van der Waals surface area contributed by atoms with Gasteiger partial charge in [0.25, 0.3) is 5.91 Å². The highest BCUT2D eigenvalue weighted by molar-refractivity contribution is 6.04. The zero-order valence-corrected chi connectivity index (χ0v) is 13.9. The Bertz CT molecular complexity index is 964. The number of anilines is 3. The van der Waals surface area contributed by atoms with Crippen molar-refractivity contribution in [2.24, 2.45) is 0 Å². The summed E-state index contributed by atoms with van der Waals surface area (Å²) in [6, 6.07) is 19.3. The summed E-state index contributed by atoms with van der Waals surface area (Å²) in [6.45, 7) is 0. The highest BCUT2D eigenvalue weighted by atomic mass is 16.5. The SMILES string of the molecule is COc1cccc(C(=O)Nc2ccc(Nc3ccccc3C#N)nn2)c1. The normalized spacial score (nSPS) is 9.85. The summed E-state index contributed by atoms with van der Waals surface area (Å²) in [5.74, 6) is 1.07. The van der Waals surface area contributed by atoms with E-state index >= 15 is 0 Å². The molecule has 1 aromatic heterocycles. The van der Waals surface area contributed by atoms with E-state index in [0.717, 1.165) is 0 Å². The second-order valence-corrected chi connectivity index (χ2v) is 5.27. The van der Waals surface area contributed by atoms with Crippen molar-refractivity contribution in [2.75, 3.05) is 17.7 Å². The van der Waals surface area contributed by atoms with E-state index in [4.69, 9.17) is 10.00 Å². The first-order chi connectivity index (χ1) is 12.7. The van der Waals surface area contributed by atoms with Crippen molar-refractivity contribution in [1.29, 1.82) is 5.26 Å². The number of aromatic nitrogens is 2. The number of benzene rings is 2. The Morgan fingerprint density at radius 1 is 1.04 bits per heavy atom. The predicted molar refractivity (Wildman–Crippen MR) is 97.4 cm³/mol. The maximum absolute atomic E-state index is 12.3. The Hall–Kier alpha value is -3.92. The van der Waals surface area contributed by atoms with Gasteiger partial charge in [0, 0.05) is 5.56 Å². The number of hydrogen-bond donors (Lipinski definition) is 2. The molecule has 3 rings (SSSR count). The van der Waals surface area contributed by atoms with E-state index in [-0.39, 0.29) is 5.91 Å². The summed E-state index contributed by atoms with van der Waals surface area (Å²) in [6.07, 6.45) is 0. The molecular formula is C19H15N5O2. The number of rotatable bonds is 5. The third-order valence-electron chi connectivity index (χ3n) is 3.55. The van der Waals surface area contributed by atoms with Gasteiger partial charge in [0.1, 0.15) is 11.8 Å². The average Bonchev–Trinajstić information content (AvgIpc) is 2.70. The van der Waals surface area contributed by atoms with Gasteiger partial charge in [-0.05, 0) is 42.5 Å². The van der Waals surface area contributed by atoms with Crippen molar-refractivity contribution in [3.05, 3.63) is 71.8 Å². The second kappa shape index (κ2) is 7.77. The molecule has 7 nitrogen and oxygen atoms in total. The lowest BCUT2D eigenvalue weighted by Gasteiger charge is -2.08. The fourth-order valence-corrected chi connectivity index (χ4v) is 2.25. The molecule has 26 heavy (non-hydrogen) atoms. The number of nitrogens with one attached hydrogen (secondary N) is 2. The third kappa shape index (κ3) is 3.94.